The molecule has 0 bridgehead atoms. The van der Waals surface area contributed by atoms with Crippen LogP contribution in [0.3, 0.4) is 0 Å². The fourth-order valence-corrected chi connectivity index (χ4v) is 12.3. The van der Waals surface area contributed by atoms with Gasteiger partial charge in [-0.2, -0.15) is 5.10 Å². The number of nitrogens with one attached hydrogen (secondary N) is 2. The molecule has 3 aromatic carbocycles. The van der Waals surface area contributed by atoms with Gasteiger partial charge in [0.1, 0.15) is 17.6 Å². The van der Waals surface area contributed by atoms with E-state index < -0.39 is 17.5 Å². The fraction of sp³-hybridized carbons (Fsp3) is 0.540. The molecule has 7 aliphatic rings. The molecule has 7 aliphatic heterocycles. The molecule has 16 heteroatoms. The zero-order valence-electron chi connectivity index (χ0n) is 37.8. The highest BCUT2D eigenvalue weighted by molar-refractivity contribution is 6.11. The number of aromatic nitrogens is 2. The second kappa shape index (κ2) is 17.6. The number of H-pyrrole nitrogens is 1. The number of benzene rings is 3. The van der Waals surface area contributed by atoms with Crippen LogP contribution in [-0.2, 0) is 25.7 Å². The van der Waals surface area contributed by atoms with Gasteiger partial charge in [0.05, 0.1) is 41.7 Å². The lowest BCUT2D eigenvalue weighted by atomic mass is 9.62. The lowest BCUT2D eigenvalue weighted by Gasteiger charge is -2.58. The first-order valence-electron chi connectivity index (χ1n) is 24.1. The maximum atomic E-state index is 16.5. The Morgan fingerprint density at radius 3 is 2.20 bits per heavy atom. The maximum absolute atomic E-state index is 16.5. The Bertz CT molecular complexity index is 2520. The molecular formula is C50H60FN9O6. The van der Waals surface area contributed by atoms with Crippen molar-refractivity contribution in [2.75, 3.05) is 100 Å². The molecule has 11 rings (SSSR count). The van der Waals surface area contributed by atoms with E-state index in [1.807, 2.05) is 41.3 Å². The molecule has 0 aliphatic carbocycles. The van der Waals surface area contributed by atoms with Gasteiger partial charge in [-0.3, -0.25) is 29.6 Å². The molecule has 8 heterocycles. The molecule has 1 unspecified atom stereocenters. The number of nitrogens with zero attached hydrogens (tertiary/aromatic N) is 7. The van der Waals surface area contributed by atoms with Crippen LogP contribution in [0.1, 0.15) is 78.9 Å². The van der Waals surface area contributed by atoms with Crippen LogP contribution in [0.2, 0.25) is 0 Å². The highest BCUT2D eigenvalue weighted by Gasteiger charge is 2.62. The van der Waals surface area contributed by atoms with Gasteiger partial charge in [-0.25, -0.2) is 4.39 Å². The zero-order valence-corrected chi connectivity index (χ0v) is 37.8. The third-order valence-corrected chi connectivity index (χ3v) is 16.1. The predicted molar refractivity (Wildman–Crippen MR) is 247 cm³/mol. The van der Waals surface area contributed by atoms with Crippen LogP contribution in [0.15, 0.2) is 54.7 Å². The molecule has 4 amide bonds. The van der Waals surface area contributed by atoms with Gasteiger partial charge in [0.15, 0.2) is 0 Å². The molecule has 6 saturated heterocycles. The highest BCUT2D eigenvalue weighted by Crippen LogP contribution is 2.60. The number of carbonyl (C=O) groups is 4. The van der Waals surface area contributed by atoms with Gasteiger partial charge in [0.25, 0.3) is 5.91 Å². The SMILES string of the molecule is COc1cc(N2CCC(CN3CCN(CC4CCN(c5ccc6c(c5)CN(C5CCC(=O)NC5=O)C6=O)CC4)CC3)CC2)c(F)cc1[C@@H]1N(c2cccc3[nH]ncc23)C(=O)C12CCOCC2. The van der Waals surface area contributed by atoms with Crippen molar-refractivity contribution in [2.24, 2.45) is 17.3 Å². The third kappa shape index (κ3) is 7.67. The molecule has 6 fully saturated rings. The van der Waals surface area contributed by atoms with E-state index in [1.165, 1.54) is 0 Å². The van der Waals surface area contributed by atoms with Crippen molar-refractivity contribution in [2.45, 2.75) is 70.0 Å². The van der Waals surface area contributed by atoms with E-state index in [2.05, 4.69) is 41.2 Å². The maximum Gasteiger partial charge on any atom is 0.255 e. The molecule has 1 spiro atoms. The third-order valence-electron chi connectivity index (χ3n) is 16.1. The molecule has 66 heavy (non-hydrogen) atoms. The average molecular weight is 902 g/mol. The molecular weight excluding hydrogens is 842 g/mol. The van der Waals surface area contributed by atoms with E-state index in [1.54, 1.807) is 24.3 Å². The summed E-state index contributed by atoms with van der Waals surface area (Å²) in [5.41, 5.74) is 4.91. The van der Waals surface area contributed by atoms with Gasteiger partial charge in [0.2, 0.25) is 17.7 Å². The van der Waals surface area contributed by atoms with Crippen LogP contribution in [0, 0.1) is 23.1 Å². The minimum absolute atomic E-state index is 0.0365. The molecule has 348 valence electrons. The highest BCUT2D eigenvalue weighted by atomic mass is 19.1. The van der Waals surface area contributed by atoms with Crippen LogP contribution >= 0.6 is 0 Å². The number of piperidine rings is 3. The quantitative estimate of drug-likeness (QED) is 0.162. The van der Waals surface area contributed by atoms with E-state index in [0.29, 0.717) is 73.4 Å². The predicted octanol–water partition coefficient (Wildman–Crippen LogP) is 5.11. The number of rotatable bonds is 10. The Morgan fingerprint density at radius 2 is 1.52 bits per heavy atom. The number of anilines is 3. The Morgan fingerprint density at radius 1 is 0.818 bits per heavy atom. The summed E-state index contributed by atoms with van der Waals surface area (Å²) in [5.74, 6) is 0.785. The topological polar surface area (TPSA) is 147 Å². The van der Waals surface area contributed by atoms with Crippen LogP contribution in [-0.4, -0.2) is 140 Å². The van der Waals surface area contributed by atoms with Crippen molar-refractivity contribution in [1.82, 2.24) is 30.2 Å². The lowest BCUT2D eigenvalue weighted by molar-refractivity contribution is -0.149. The van der Waals surface area contributed by atoms with Crippen LogP contribution in [0.25, 0.3) is 10.9 Å². The van der Waals surface area contributed by atoms with Gasteiger partial charge >= 0.3 is 0 Å². The monoisotopic (exact) mass is 901 g/mol. The van der Waals surface area contributed by atoms with Gasteiger partial charge in [0, 0.05) is 120 Å². The molecule has 0 radical (unpaired) electrons. The summed E-state index contributed by atoms with van der Waals surface area (Å²) in [7, 11) is 1.64. The normalized spacial score (nSPS) is 24.6. The first-order chi connectivity index (χ1) is 32.2. The van der Waals surface area contributed by atoms with Gasteiger partial charge < -0.3 is 38.9 Å². The van der Waals surface area contributed by atoms with Crippen molar-refractivity contribution >= 4 is 51.6 Å². The smallest absolute Gasteiger partial charge is 0.255 e. The summed E-state index contributed by atoms with van der Waals surface area (Å²) in [6, 6.07) is 14.4. The van der Waals surface area contributed by atoms with E-state index in [-0.39, 0.29) is 35.9 Å². The number of hydrogen-bond donors (Lipinski definition) is 2. The zero-order chi connectivity index (χ0) is 45.1. The second-order valence-electron chi connectivity index (χ2n) is 19.7. The van der Waals surface area contributed by atoms with Crippen molar-refractivity contribution < 1.29 is 33.0 Å². The number of ether oxygens (including phenoxy) is 2. The Kier molecular flexibility index (Phi) is 11.5. The molecule has 2 atom stereocenters. The summed E-state index contributed by atoms with van der Waals surface area (Å²) >= 11 is 0. The number of piperazine rings is 1. The molecule has 15 nitrogen and oxygen atoms in total. The number of methoxy groups -OCH3 is 1. The standard InChI is InChI=1S/C50H60FN9O6/c1-65-44-27-43(39(51)26-37(44)46-50(13-23-66-24-14-50)49(64)60(46)41-4-2-3-40-38(41)28-52-54-40)58-17-11-33(12-18-58)30-56-21-19-55(20-22-56)29-32-9-15-57(16-10-32)35-5-6-36-34(25-35)31-59(48(36)63)42-7-8-45(61)53-47(42)62/h2-6,25-28,32-33,42,46H,7-24,29-31H2,1H3,(H,52,54)(H,53,61,62)/t42?,46-/m0/s1. The Labute approximate surface area is 384 Å². The summed E-state index contributed by atoms with van der Waals surface area (Å²) in [5, 5.41) is 10.5. The van der Waals surface area contributed by atoms with Crippen molar-refractivity contribution in [3.8, 4) is 5.75 Å². The minimum atomic E-state index is -0.684. The number of aromatic amines is 1. The number of halogens is 1. The first-order valence-corrected chi connectivity index (χ1v) is 24.1. The molecule has 2 N–H and O–H groups in total. The Balaban J connectivity index is 0.656. The number of carbonyl (C=O) groups excluding carboxylic acids is 4. The number of hydrogen-bond acceptors (Lipinski definition) is 11. The van der Waals surface area contributed by atoms with Gasteiger partial charge in [-0.1, -0.05) is 6.07 Å². The van der Waals surface area contributed by atoms with Crippen LogP contribution < -0.4 is 24.8 Å². The lowest BCUT2D eigenvalue weighted by Crippen LogP contribution is -2.65. The minimum Gasteiger partial charge on any atom is -0.496 e. The number of fused-ring (bicyclic) bond motifs is 2. The number of imide groups is 1. The van der Waals surface area contributed by atoms with Crippen LogP contribution in [0.4, 0.5) is 21.5 Å². The summed E-state index contributed by atoms with van der Waals surface area (Å²) in [6.07, 6.45) is 7.78. The van der Waals surface area contributed by atoms with Crippen LogP contribution in [0.5, 0.6) is 5.75 Å². The largest absolute Gasteiger partial charge is 0.496 e. The summed E-state index contributed by atoms with van der Waals surface area (Å²) in [4.78, 5) is 64.8. The molecule has 1 aromatic heterocycles. The van der Waals surface area contributed by atoms with Crippen molar-refractivity contribution in [3.63, 3.8) is 0 Å². The summed E-state index contributed by atoms with van der Waals surface area (Å²) in [6.45, 7) is 11.4. The number of amides is 4. The van der Waals surface area contributed by atoms with E-state index >= 15 is 4.39 Å². The van der Waals surface area contributed by atoms with E-state index in [0.717, 1.165) is 119 Å². The van der Waals surface area contributed by atoms with Crippen molar-refractivity contribution in [1.29, 1.82) is 0 Å². The van der Waals surface area contributed by atoms with E-state index in [4.69, 9.17) is 9.47 Å². The molecule has 0 saturated carbocycles. The summed E-state index contributed by atoms with van der Waals surface area (Å²) < 4.78 is 28.2. The number of β-lactam (4-membered cyclic amide) rings is 1. The fourth-order valence-electron chi connectivity index (χ4n) is 12.3. The Hall–Kier alpha value is -5.58. The van der Waals surface area contributed by atoms with Gasteiger partial charge in [-0.15, -0.1) is 0 Å². The second-order valence-corrected chi connectivity index (χ2v) is 19.7. The van der Waals surface area contributed by atoms with Crippen molar-refractivity contribution in [3.05, 3.63) is 77.2 Å². The van der Waals surface area contributed by atoms with Gasteiger partial charge in [-0.05, 0) is 98.7 Å². The average Bonchev–Trinajstić information content (AvgIpc) is 3.96. The van der Waals surface area contributed by atoms with E-state index in [9.17, 15) is 19.2 Å². The first kappa shape index (κ1) is 43.0. The molecule has 4 aromatic rings.